The van der Waals surface area contributed by atoms with Gasteiger partial charge >= 0.3 is 0 Å². The summed E-state index contributed by atoms with van der Waals surface area (Å²) in [6.07, 6.45) is 1.67. The maximum Gasteiger partial charge on any atom is 0.0799 e. The molecule has 0 amide bonds. The zero-order valence-corrected chi connectivity index (χ0v) is 4.17. The van der Waals surface area contributed by atoms with Crippen LogP contribution in [0.1, 0.15) is 19.3 Å². The fraction of sp³-hybridized carbons (Fsp3) is 1.00. The van der Waals surface area contributed by atoms with E-state index >= 15 is 0 Å². The Balaban J connectivity index is 2.33. The summed E-state index contributed by atoms with van der Waals surface area (Å²) in [5.74, 6) is 0. The van der Waals surface area contributed by atoms with Crippen molar-refractivity contribution in [2.45, 2.75) is 31.5 Å². The molecule has 0 aromatic rings. The number of hydrogen-bond acceptors (Lipinski definition) is 2. The average molecular weight is 102 g/mol. The van der Waals surface area contributed by atoms with E-state index in [0.717, 1.165) is 19.3 Å². The summed E-state index contributed by atoms with van der Waals surface area (Å²) >= 11 is 0. The molecule has 0 radical (unpaired) electrons. The van der Waals surface area contributed by atoms with Gasteiger partial charge in [-0.3, -0.25) is 0 Å². The van der Waals surface area contributed by atoms with Crippen LogP contribution < -0.4 is 0 Å². The Hall–Kier alpha value is -0.0800. The van der Waals surface area contributed by atoms with Crippen molar-refractivity contribution in [2.75, 3.05) is 0 Å². The van der Waals surface area contributed by atoms with Crippen LogP contribution in [0.3, 0.4) is 0 Å². The van der Waals surface area contributed by atoms with Crippen molar-refractivity contribution in [3.63, 3.8) is 0 Å². The molecule has 1 saturated carbocycles. The second-order valence-corrected chi connectivity index (χ2v) is 2.07. The predicted octanol–water partition coefficient (Wildman–Crippen LogP) is -0.108. The summed E-state index contributed by atoms with van der Waals surface area (Å²) in [5, 5.41) is 17.5. The van der Waals surface area contributed by atoms with Gasteiger partial charge in [0.2, 0.25) is 0 Å². The van der Waals surface area contributed by atoms with Crippen LogP contribution in [-0.4, -0.2) is 22.4 Å². The normalized spacial score (nSPS) is 42.0. The molecular formula is C5H10O2. The lowest BCUT2D eigenvalue weighted by molar-refractivity contribution is 0.0438. The van der Waals surface area contributed by atoms with Crippen molar-refractivity contribution in [1.82, 2.24) is 0 Å². The molecule has 0 aromatic heterocycles. The van der Waals surface area contributed by atoms with Crippen LogP contribution in [0.15, 0.2) is 0 Å². The zero-order chi connectivity index (χ0) is 5.28. The summed E-state index contributed by atoms with van der Waals surface area (Å²) in [4.78, 5) is 0. The molecule has 1 fully saturated rings. The number of aliphatic hydroxyl groups is 2. The Morgan fingerprint density at radius 2 is 1.43 bits per heavy atom. The standard InChI is InChI=1S/C5H10O2/c6-4-2-1-3-5(4)7/h4-7H,1-3H2/t4-,5?/m0/s1. The molecule has 0 spiro atoms. The number of hydrogen-bond donors (Lipinski definition) is 2. The van der Waals surface area contributed by atoms with Crippen molar-refractivity contribution in [1.29, 1.82) is 0 Å². The van der Waals surface area contributed by atoms with Gasteiger partial charge in [0, 0.05) is 0 Å². The van der Waals surface area contributed by atoms with Crippen LogP contribution in [0, 0.1) is 0 Å². The third-order valence-corrected chi connectivity index (χ3v) is 1.44. The molecule has 0 aliphatic heterocycles. The minimum absolute atomic E-state index is 0.431. The minimum atomic E-state index is -0.431. The van der Waals surface area contributed by atoms with E-state index in [4.69, 9.17) is 10.2 Å². The Bertz CT molecular complexity index is 55.1. The van der Waals surface area contributed by atoms with E-state index in [0.29, 0.717) is 0 Å². The monoisotopic (exact) mass is 102 g/mol. The molecule has 1 aliphatic rings. The van der Waals surface area contributed by atoms with Crippen LogP contribution in [0.4, 0.5) is 0 Å². The molecule has 1 unspecified atom stereocenters. The molecule has 42 valence electrons. The minimum Gasteiger partial charge on any atom is -0.390 e. The van der Waals surface area contributed by atoms with Crippen LogP contribution >= 0.6 is 0 Å². The molecule has 1 aliphatic carbocycles. The maximum absolute atomic E-state index is 8.75. The molecule has 1 rings (SSSR count). The van der Waals surface area contributed by atoms with Crippen molar-refractivity contribution < 1.29 is 10.2 Å². The first kappa shape index (κ1) is 5.06. The fourth-order valence-corrected chi connectivity index (χ4v) is 0.921. The zero-order valence-electron chi connectivity index (χ0n) is 4.17. The number of rotatable bonds is 0. The highest BCUT2D eigenvalue weighted by molar-refractivity contribution is 4.74. The first-order chi connectivity index (χ1) is 3.30. The Kier molecular flexibility index (Phi) is 1.30. The van der Waals surface area contributed by atoms with Crippen LogP contribution in [-0.2, 0) is 0 Å². The average Bonchev–Trinajstić information content (AvgIpc) is 1.91. The van der Waals surface area contributed by atoms with Gasteiger partial charge in [0.25, 0.3) is 0 Å². The van der Waals surface area contributed by atoms with E-state index in [1.54, 1.807) is 0 Å². The predicted molar refractivity (Wildman–Crippen MR) is 25.9 cm³/mol. The highest BCUT2D eigenvalue weighted by Crippen LogP contribution is 2.17. The molecule has 7 heavy (non-hydrogen) atoms. The summed E-state index contributed by atoms with van der Waals surface area (Å²) in [5.41, 5.74) is 0. The van der Waals surface area contributed by atoms with Crippen molar-refractivity contribution >= 4 is 0 Å². The van der Waals surface area contributed by atoms with Crippen LogP contribution in [0.25, 0.3) is 0 Å². The quantitative estimate of drug-likeness (QED) is 0.448. The largest absolute Gasteiger partial charge is 0.390 e. The van der Waals surface area contributed by atoms with E-state index < -0.39 is 12.2 Å². The summed E-state index contributed by atoms with van der Waals surface area (Å²) in [6, 6.07) is 0. The number of aliphatic hydroxyl groups excluding tert-OH is 2. The third-order valence-electron chi connectivity index (χ3n) is 1.44. The first-order valence-corrected chi connectivity index (χ1v) is 2.67. The van der Waals surface area contributed by atoms with Gasteiger partial charge < -0.3 is 10.2 Å². The summed E-state index contributed by atoms with van der Waals surface area (Å²) in [7, 11) is 0. The lowest BCUT2D eigenvalue weighted by Gasteiger charge is -2.03. The van der Waals surface area contributed by atoms with Crippen molar-refractivity contribution in [2.24, 2.45) is 0 Å². The molecular weight excluding hydrogens is 92.1 g/mol. The SMILES string of the molecule is OC1CCC[C@@H]1O. The van der Waals surface area contributed by atoms with Gasteiger partial charge in [-0.25, -0.2) is 0 Å². The second kappa shape index (κ2) is 1.80. The molecule has 2 N–H and O–H groups in total. The van der Waals surface area contributed by atoms with Gasteiger partial charge in [0.15, 0.2) is 0 Å². The maximum atomic E-state index is 8.75. The molecule has 0 saturated heterocycles. The van der Waals surface area contributed by atoms with Gasteiger partial charge in [-0.05, 0) is 19.3 Å². The summed E-state index contributed by atoms with van der Waals surface area (Å²) < 4.78 is 0. The third kappa shape index (κ3) is 0.924. The van der Waals surface area contributed by atoms with Crippen LogP contribution in [0.5, 0.6) is 0 Å². The van der Waals surface area contributed by atoms with Crippen LogP contribution in [0.2, 0.25) is 0 Å². The Morgan fingerprint density at radius 3 is 1.57 bits per heavy atom. The molecule has 2 nitrogen and oxygen atoms in total. The van der Waals surface area contributed by atoms with E-state index in [-0.39, 0.29) is 0 Å². The lowest BCUT2D eigenvalue weighted by Crippen LogP contribution is -2.17. The van der Waals surface area contributed by atoms with Gasteiger partial charge in [-0.1, -0.05) is 0 Å². The van der Waals surface area contributed by atoms with Gasteiger partial charge in [-0.15, -0.1) is 0 Å². The van der Waals surface area contributed by atoms with E-state index in [1.807, 2.05) is 0 Å². The smallest absolute Gasteiger partial charge is 0.0799 e. The van der Waals surface area contributed by atoms with E-state index in [2.05, 4.69) is 0 Å². The Morgan fingerprint density at radius 1 is 1.00 bits per heavy atom. The molecule has 0 heterocycles. The fourth-order valence-electron chi connectivity index (χ4n) is 0.921. The highest BCUT2D eigenvalue weighted by atomic mass is 16.3. The van der Waals surface area contributed by atoms with E-state index in [1.165, 1.54) is 0 Å². The first-order valence-electron chi connectivity index (χ1n) is 2.67. The van der Waals surface area contributed by atoms with Gasteiger partial charge in [-0.2, -0.15) is 0 Å². The van der Waals surface area contributed by atoms with Gasteiger partial charge in [0.1, 0.15) is 0 Å². The van der Waals surface area contributed by atoms with Crippen molar-refractivity contribution in [3.8, 4) is 0 Å². The topological polar surface area (TPSA) is 40.5 Å². The van der Waals surface area contributed by atoms with E-state index in [9.17, 15) is 0 Å². The molecule has 2 atom stereocenters. The lowest BCUT2D eigenvalue weighted by atomic mass is 10.3. The highest BCUT2D eigenvalue weighted by Gasteiger charge is 2.21. The molecule has 2 heteroatoms. The Labute approximate surface area is 42.8 Å². The second-order valence-electron chi connectivity index (χ2n) is 2.07. The summed E-state index contributed by atoms with van der Waals surface area (Å²) in [6.45, 7) is 0. The van der Waals surface area contributed by atoms with Gasteiger partial charge in [0.05, 0.1) is 12.2 Å². The molecule has 0 bridgehead atoms. The van der Waals surface area contributed by atoms with Crippen molar-refractivity contribution in [3.05, 3.63) is 0 Å². The molecule has 0 aromatic carbocycles.